The average molecular weight is 250 g/mol. The van der Waals surface area contributed by atoms with Gasteiger partial charge < -0.3 is 14.4 Å². The molecule has 0 N–H and O–H groups in total. The third kappa shape index (κ3) is 3.43. The van der Waals surface area contributed by atoms with Gasteiger partial charge in [0.25, 0.3) is 5.91 Å². The van der Waals surface area contributed by atoms with Crippen molar-refractivity contribution < 1.29 is 14.3 Å². The summed E-state index contributed by atoms with van der Waals surface area (Å²) in [5, 5.41) is 0. The number of carbonyl (C=O) groups is 1. The van der Waals surface area contributed by atoms with Crippen molar-refractivity contribution in [1.82, 2.24) is 9.88 Å². The van der Waals surface area contributed by atoms with Crippen LogP contribution in [-0.4, -0.2) is 48.2 Å². The molecule has 18 heavy (non-hydrogen) atoms. The Labute approximate surface area is 107 Å². The summed E-state index contributed by atoms with van der Waals surface area (Å²) in [5.74, 6) is 0.612. The van der Waals surface area contributed by atoms with Crippen LogP contribution in [-0.2, 0) is 9.53 Å². The largest absolute Gasteiger partial charge is 0.482 e. The molecule has 1 aliphatic heterocycles. The Morgan fingerprint density at radius 2 is 2.44 bits per heavy atom. The van der Waals surface area contributed by atoms with Gasteiger partial charge in [0, 0.05) is 18.8 Å². The number of aryl methyl sites for hydroxylation is 1. The Balaban J connectivity index is 1.82. The molecule has 98 valence electrons. The zero-order valence-electron chi connectivity index (χ0n) is 10.8. The maximum Gasteiger partial charge on any atom is 0.260 e. The number of rotatable bonds is 3. The van der Waals surface area contributed by atoms with E-state index in [0.29, 0.717) is 25.4 Å². The Kier molecular flexibility index (Phi) is 4.15. The molecule has 0 aliphatic carbocycles. The third-order valence-corrected chi connectivity index (χ3v) is 2.84. The number of pyridine rings is 1. The van der Waals surface area contributed by atoms with E-state index in [1.807, 2.05) is 26.0 Å². The Bertz CT molecular complexity index is 405. The highest BCUT2D eigenvalue weighted by atomic mass is 16.5. The van der Waals surface area contributed by atoms with Crippen LogP contribution in [0.4, 0.5) is 0 Å². The lowest BCUT2D eigenvalue weighted by atomic mass is 10.3. The standard InChI is InChI=1S/C13H18N2O3/c1-10-3-4-12(7-14-10)18-9-13(16)15-5-6-17-11(2)8-15/h3-4,7,11H,5-6,8-9H2,1-2H3/t11-/m0/s1. The fourth-order valence-electron chi connectivity index (χ4n) is 1.82. The molecule has 1 aromatic heterocycles. The number of morpholine rings is 1. The summed E-state index contributed by atoms with van der Waals surface area (Å²) in [6.07, 6.45) is 1.73. The van der Waals surface area contributed by atoms with Crippen molar-refractivity contribution in [3.63, 3.8) is 0 Å². The van der Waals surface area contributed by atoms with E-state index in [2.05, 4.69) is 4.98 Å². The molecule has 5 heteroatoms. The molecular formula is C13H18N2O3. The van der Waals surface area contributed by atoms with Crippen LogP contribution in [0.5, 0.6) is 5.75 Å². The van der Waals surface area contributed by atoms with Gasteiger partial charge in [0.2, 0.25) is 0 Å². The lowest BCUT2D eigenvalue weighted by molar-refractivity contribution is -0.140. The van der Waals surface area contributed by atoms with E-state index in [9.17, 15) is 4.79 Å². The number of nitrogens with zero attached hydrogens (tertiary/aromatic N) is 2. The quantitative estimate of drug-likeness (QED) is 0.803. The Hall–Kier alpha value is -1.62. The average Bonchev–Trinajstić information content (AvgIpc) is 2.38. The highest BCUT2D eigenvalue weighted by Crippen LogP contribution is 2.10. The Morgan fingerprint density at radius 1 is 1.61 bits per heavy atom. The highest BCUT2D eigenvalue weighted by Gasteiger charge is 2.21. The van der Waals surface area contributed by atoms with Crippen LogP contribution in [0, 0.1) is 6.92 Å². The van der Waals surface area contributed by atoms with Gasteiger partial charge in [0.05, 0.1) is 18.9 Å². The smallest absolute Gasteiger partial charge is 0.260 e. The van der Waals surface area contributed by atoms with Gasteiger partial charge in [-0.05, 0) is 26.0 Å². The molecule has 0 saturated carbocycles. The number of amides is 1. The summed E-state index contributed by atoms with van der Waals surface area (Å²) in [4.78, 5) is 17.8. The van der Waals surface area contributed by atoms with Crippen molar-refractivity contribution in [1.29, 1.82) is 0 Å². The molecule has 1 aromatic rings. The third-order valence-electron chi connectivity index (χ3n) is 2.84. The number of hydrogen-bond acceptors (Lipinski definition) is 4. The SMILES string of the molecule is Cc1ccc(OCC(=O)N2CCO[C@@H](C)C2)cn1. The van der Waals surface area contributed by atoms with Crippen molar-refractivity contribution in [2.45, 2.75) is 20.0 Å². The van der Waals surface area contributed by atoms with Crippen LogP contribution in [0.3, 0.4) is 0 Å². The molecule has 1 amide bonds. The summed E-state index contributed by atoms with van der Waals surface area (Å²) in [7, 11) is 0. The van der Waals surface area contributed by atoms with E-state index in [1.54, 1.807) is 11.1 Å². The van der Waals surface area contributed by atoms with Crippen molar-refractivity contribution in [2.75, 3.05) is 26.3 Å². The number of ether oxygens (including phenoxy) is 2. The molecule has 0 aromatic carbocycles. The summed E-state index contributed by atoms with van der Waals surface area (Å²) in [6.45, 7) is 5.79. The molecule has 5 nitrogen and oxygen atoms in total. The van der Waals surface area contributed by atoms with Crippen LogP contribution < -0.4 is 4.74 Å². The summed E-state index contributed by atoms with van der Waals surface area (Å²) in [5.41, 5.74) is 0.927. The van der Waals surface area contributed by atoms with Gasteiger partial charge in [0.1, 0.15) is 5.75 Å². The summed E-state index contributed by atoms with van der Waals surface area (Å²) in [6, 6.07) is 3.67. The van der Waals surface area contributed by atoms with Gasteiger partial charge in [-0.25, -0.2) is 0 Å². The maximum atomic E-state index is 11.9. The van der Waals surface area contributed by atoms with E-state index in [-0.39, 0.29) is 18.6 Å². The molecular weight excluding hydrogens is 232 g/mol. The van der Waals surface area contributed by atoms with Gasteiger partial charge in [-0.15, -0.1) is 0 Å². The molecule has 0 radical (unpaired) electrons. The minimum atomic E-state index is -0.00859. The minimum absolute atomic E-state index is 0.00859. The minimum Gasteiger partial charge on any atom is -0.482 e. The first-order valence-electron chi connectivity index (χ1n) is 6.10. The fourth-order valence-corrected chi connectivity index (χ4v) is 1.82. The zero-order valence-corrected chi connectivity index (χ0v) is 10.8. The molecule has 2 rings (SSSR count). The van der Waals surface area contributed by atoms with E-state index in [0.717, 1.165) is 5.69 Å². The summed E-state index contributed by atoms with van der Waals surface area (Å²) >= 11 is 0. The molecule has 0 bridgehead atoms. The van der Waals surface area contributed by atoms with Crippen molar-refractivity contribution in [3.8, 4) is 5.75 Å². The van der Waals surface area contributed by atoms with Crippen LogP contribution in [0.1, 0.15) is 12.6 Å². The van der Waals surface area contributed by atoms with Crippen LogP contribution >= 0.6 is 0 Å². The fraction of sp³-hybridized carbons (Fsp3) is 0.538. The molecule has 2 heterocycles. The molecule has 1 atom stereocenters. The van der Waals surface area contributed by atoms with Crippen molar-refractivity contribution in [2.24, 2.45) is 0 Å². The van der Waals surface area contributed by atoms with Gasteiger partial charge in [-0.2, -0.15) is 0 Å². The second-order valence-corrected chi connectivity index (χ2v) is 4.45. The van der Waals surface area contributed by atoms with Gasteiger partial charge in [-0.1, -0.05) is 0 Å². The number of carbonyl (C=O) groups excluding carboxylic acids is 1. The van der Waals surface area contributed by atoms with E-state index < -0.39 is 0 Å². The Morgan fingerprint density at radius 3 is 3.11 bits per heavy atom. The lowest BCUT2D eigenvalue weighted by Crippen LogP contribution is -2.46. The molecule has 0 spiro atoms. The first kappa shape index (κ1) is 12.8. The second-order valence-electron chi connectivity index (χ2n) is 4.45. The van der Waals surface area contributed by atoms with Crippen molar-refractivity contribution in [3.05, 3.63) is 24.0 Å². The molecule has 1 fully saturated rings. The van der Waals surface area contributed by atoms with Gasteiger partial charge in [-0.3, -0.25) is 9.78 Å². The predicted octanol–water partition coefficient (Wildman–Crippen LogP) is 1.02. The molecule has 1 aliphatic rings. The predicted molar refractivity (Wildman–Crippen MR) is 66.5 cm³/mol. The monoisotopic (exact) mass is 250 g/mol. The van der Waals surface area contributed by atoms with Crippen LogP contribution in [0.15, 0.2) is 18.3 Å². The van der Waals surface area contributed by atoms with Gasteiger partial charge in [0.15, 0.2) is 6.61 Å². The van der Waals surface area contributed by atoms with Crippen LogP contribution in [0.25, 0.3) is 0 Å². The van der Waals surface area contributed by atoms with Crippen LogP contribution in [0.2, 0.25) is 0 Å². The normalized spacial score (nSPS) is 19.7. The van der Waals surface area contributed by atoms with Gasteiger partial charge >= 0.3 is 0 Å². The first-order valence-corrected chi connectivity index (χ1v) is 6.10. The lowest BCUT2D eigenvalue weighted by Gasteiger charge is -2.31. The summed E-state index contributed by atoms with van der Waals surface area (Å²) < 4.78 is 10.8. The first-order chi connectivity index (χ1) is 8.65. The zero-order chi connectivity index (χ0) is 13.0. The number of hydrogen-bond donors (Lipinski definition) is 0. The van der Waals surface area contributed by atoms with E-state index in [4.69, 9.17) is 9.47 Å². The number of aromatic nitrogens is 1. The van der Waals surface area contributed by atoms with Crippen molar-refractivity contribution >= 4 is 5.91 Å². The topological polar surface area (TPSA) is 51.7 Å². The second kappa shape index (κ2) is 5.82. The van der Waals surface area contributed by atoms with E-state index >= 15 is 0 Å². The molecule has 0 unspecified atom stereocenters. The van der Waals surface area contributed by atoms with E-state index in [1.165, 1.54) is 0 Å². The highest BCUT2D eigenvalue weighted by molar-refractivity contribution is 5.77. The maximum absolute atomic E-state index is 11.9. The molecule has 1 saturated heterocycles.